The molecule has 33 heavy (non-hydrogen) atoms. The number of rotatable bonds is 2. The summed E-state index contributed by atoms with van der Waals surface area (Å²) in [6.07, 6.45) is 4.15. The van der Waals surface area contributed by atoms with Crippen LogP contribution in [0.3, 0.4) is 0 Å². The molecule has 2 aliphatic carbocycles. The molecule has 0 fully saturated rings. The van der Waals surface area contributed by atoms with Crippen LogP contribution >= 0.6 is 0 Å². The topological polar surface area (TPSA) is 51.8 Å². The molecule has 2 aromatic heterocycles. The zero-order valence-corrected chi connectivity index (χ0v) is 18.5. The summed E-state index contributed by atoms with van der Waals surface area (Å²) in [6, 6.07) is 13.1. The average Bonchev–Trinajstić information content (AvgIpc) is 3.27. The molecule has 0 aliphatic heterocycles. The maximum atomic E-state index is 14.9. The van der Waals surface area contributed by atoms with Crippen molar-refractivity contribution in [3.63, 3.8) is 0 Å². The minimum absolute atomic E-state index is 0.179. The summed E-state index contributed by atoms with van der Waals surface area (Å²) in [7, 11) is 0. The molecule has 4 aromatic rings. The monoisotopic (exact) mass is 443 g/mol. The van der Waals surface area contributed by atoms with E-state index in [4.69, 9.17) is 14.5 Å². The molecule has 0 saturated heterocycles. The Bertz CT molecular complexity index is 1380. The second-order valence-corrected chi connectivity index (χ2v) is 9.43. The molecule has 0 saturated carbocycles. The van der Waals surface area contributed by atoms with Gasteiger partial charge in [-0.25, -0.2) is 18.7 Å². The summed E-state index contributed by atoms with van der Waals surface area (Å²) < 4.78 is 35.3. The van der Waals surface area contributed by atoms with E-state index in [1.807, 2.05) is 0 Å². The van der Waals surface area contributed by atoms with Crippen molar-refractivity contribution in [2.45, 2.75) is 44.4 Å². The lowest BCUT2D eigenvalue weighted by Crippen LogP contribution is -2.45. The summed E-state index contributed by atoms with van der Waals surface area (Å²) in [5, 5.41) is 4.05. The van der Waals surface area contributed by atoms with E-state index in [9.17, 15) is 8.78 Å². The van der Waals surface area contributed by atoms with Gasteiger partial charge in [0.1, 0.15) is 17.4 Å². The van der Waals surface area contributed by atoms with E-state index in [1.165, 1.54) is 12.1 Å². The molecule has 0 N–H and O–H groups in total. The Kier molecular flexibility index (Phi) is 4.47. The highest BCUT2D eigenvalue weighted by molar-refractivity contribution is 5.70. The molecular formula is C27H23F2N3O. The fraction of sp³-hybridized carbons (Fsp3) is 0.296. The molecule has 166 valence electrons. The number of hydrogen-bond donors (Lipinski definition) is 0. The van der Waals surface area contributed by atoms with E-state index in [2.05, 4.69) is 19.0 Å². The van der Waals surface area contributed by atoms with E-state index in [0.29, 0.717) is 16.8 Å². The summed E-state index contributed by atoms with van der Waals surface area (Å²) >= 11 is 0. The first kappa shape index (κ1) is 20.2. The van der Waals surface area contributed by atoms with Crippen LogP contribution in [0.4, 0.5) is 8.78 Å². The summed E-state index contributed by atoms with van der Waals surface area (Å²) in [4.78, 5) is 9.73. The van der Waals surface area contributed by atoms with E-state index >= 15 is 0 Å². The van der Waals surface area contributed by atoms with Crippen LogP contribution in [-0.2, 0) is 18.3 Å². The first-order chi connectivity index (χ1) is 16.0. The van der Waals surface area contributed by atoms with Crippen LogP contribution in [0.15, 0.2) is 59.3 Å². The standard InChI is InChI=1S/C27H23F2N3O/c1-15-20-12-11-19-23(17-7-3-5-9-21(17)28)31-26(18-8-4-6-10-22(18)29)32-25(19)27(20,2)13-16-14-30-33-24(15)16/h3-10,14-15,20H,11-13H2,1-2H3/t15-,20-,27-/m1/s1. The molecule has 6 heteroatoms. The maximum absolute atomic E-state index is 14.9. The van der Waals surface area contributed by atoms with Gasteiger partial charge in [0.2, 0.25) is 0 Å². The van der Waals surface area contributed by atoms with Crippen molar-refractivity contribution in [3.8, 4) is 22.6 Å². The number of aromatic nitrogens is 3. The summed E-state index contributed by atoms with van der Waals surface area (Å²) in [5.74, 6) is 0.950. The highest BCUT2D eigenvalue weighted by Gasteiger charge is 2.50. The smallest absolute Gasteiger partial charge is 0.163 e. The number of benzene rings is 2. The summed E-state index contributed by atoms with van der Waals surface area (Å²) in [5.41, 5.74) is 3.87. The molecule has 2 aromatic carbocycles. The van der Waals surface area contributed by atoms with Gasteiger partial charge in [-0.2, -0.15) is 0 Å². The van der Waals surface area contributed by atoms with Gasteiger partial charge in [-0.15, -0.1) is 0 Å². The summed E-state index contributed by atoms with van der Waals surface area (Å²) in [6.45, 7) is 4.39. The maximum Gasteiger partial charge on any atom is 0.163 e. The molecule has 0 bridgehead atoms. The van der Waals surface area contributed by atoms with Gasteiger partial charge in [-0.05, 0) is 49.4 Å². The van der Waals surface area contributed by atoms with Gasteiger partial charge in [0, 0.05) is 28.0 Å². The molecule has 3 atom stereocenters. The van der Waals surface area contributed by atoms with Crippen LogP contribution in [0.2, 0.25) is 0 Å². The van der Waals surface area contributed by atoms with Gasteiger partial charge in [0.25, 0.3) is 0 Å². The Morgan fingerprint density at radius 1 is 0.970 bits per heavy atom. The Hall–Kier alpha value is -3.41. The number of hydrogen-bond acceptors (Lipinski definition) is 4. The van der Waals surface area contributed by atoms with E-state index < -0.39 is 5.82 Å². The van der Waals surface area contributed by atoms with E-state index in [0.717, 1.165) is 41.8 Å². The largest absolute Gasteiger partial charge is 0.361 e. The van der Waals surface area contributed by atoms with Crippen LogP contribution in [0.1, 0.15) is 48.8 Å². The number of halogens is 2. The van der Waals surface area contributed by atoms with Gasteiger partial charge in [-0.3, -0.25) is 0 Å². The van der Waals surface area contributed by atoms with Crippen LogP contribution < -0.4 is 0 Å². The Morgan fingerprint density at radius 3 is 2.39 bits per heavy atom. The van der Waals surface area contributed by atoms with Crippen molar-refractivity contribution in [2.75, 3.05) is 0 Å². The minimum Gasteiger partial charge on any atom is -0.361 e. The lowest BCUT2D eigenvalue weighted by Gasteiger charge is -2.47. The highest BCUT2D eigenvalue weighted by atomic mass is 19.1. The van der Waals surface area contributed by atoms with Gasteiger partial charge in [0.15, 0.2) is 5.82 Å². The van der Waals surface area contributed by atoms with E-state index in [1.54, 1.807) is 42.6 Å². The van der Waals surface area contributed by atoms with Gasteiger partial charge in [0.05, 0.1) is 23.1 Å². The third kappa shape index (κ3) is 2.96. The quantitative estimate of drug-likeness (QED) is 0.367. The Morgan fingerprint density at radius 2 is 1.67 bits per heavy atom. The van der Waals surface area contributed by atoms with Crippen LogP contribution in [0, 0.1) is 17.6 Å². The van der Waals surface area contributed by atoms with Crippen molar-refractivity contribution in [3.05, 3.63) is 88.9 Å². The highest BCUT2D eigenvalue weighted by Crippen LogP contribution is 2.54. The fourth-order valence-corrected chi connectivity index (χ4v) is 6.00. The second-order valence-electron chi connectivity index (χ2n) is 9.43. The van der Waals surface area contributed by atoms with Gasteiger partial charge in [-0.1, -0.05) is 43.3 Å². The zero-order chi connectivity index (χ0) is 22.7. The molecule has 4 nitrogen and oxygen atoms in total. The molecule has 0 spiro atoms. The van der Waals surface area contributed by atoms with Crippen molar-refractivity contribution in [1.29, 1.82) is 0 Å². The zero-order valence-electron chi connectivity index (χ0n) is 18.5. The van der Waals surface area contributed by atoms with Gasteiger partial charge < -0.3 is 4.52 Å². The molecule has 0 amide bonds. The molecule has 6 rings (SSSR count). The van der Waals surface area contributed by atoms with Crippen molar-refractivity contribution < 1.29 is 13.3 Å². The third-order valence-corrected chi connectivity index (χ3v) is 7.57. The first-order valence-corrected chi connectivity index (χ1v) is 11.3. The Labute approximate surface area is 190 Å². The normalized spacial score (nSPS) is 23.5. The lowest BCUT2D eigenvalue weighted by molar-refractivity contribution is 0.172. The lowest BCUT2D eigenvalue weighted by atomic mass is 9.56. The predicted molar refractivity (Wildman–Crippen MR) is 121 cm³/mol. The molecular weight excluding hydrogens is 420 g/mol. The predicted octanol–water partition coefficient (Wildman–Crippen LogP) is 6.26. The second kappa shape index (κ2) is 7.30. The SMILES string of the molecule is C[C@H]1c2oncc2C[C@@]2(C)c3nc(-c4ccccc4F)nc(-c4ccccc4F)c3CC[C@H]12. The molecule has 2 heterocycles. The van der Waals surface area contributed by atoms with Crippen LogP contribution in [0.5, 0.6) is 0 Å². The minimum atomic E-state index is -0.396. The fourth-order valence-electron chi connectivity index (χ4n) is 6.00. The number of fused-ring (bicyclic) bond motifs is 4. The average molecular weight is 443 g/mol. The molecule has 2 aliphatic rings. The van der Waals surface area contributed by atoms with Crippen LogP contribution in [0.25, 0.3) is 22.6 Å². The van der Waals surface area contributed by atoms with Crippen molar-refractivity contribution in [1.82, 2.24) is 15.1 Å². The number of nitrogens with zero attached hydrogens (tertiary/aromatic N) is 3. The van der Waals surface area contributed by atoms with Crippen molar-refractivity contribution in [2.24, 2.45) is 5.92 Å². The van der Waals surface area contributed by atoms with Gasteiger partial charge >= 0.3 is 0 Å². The van der Waals surface area contributed by atoms with E-state index in [-0.39, 0.29) is 28.9 Å². The van der Waals surface area contributed by atoms with Crippen molar-refractivity contribution >= 4 is 0 Å². The molecule has 0 radical (unpaired) electrons. The molecule has 0 unspecified atom stereocenters. The first-order valence-electron chi connectivity index (χ1n) is 11.3. The third-order valence-electron chi connectivity index (χ3n) is 7.57. The van der Waals surface area contributed by atoms with Crippen LogP contribution in [-0.4, -0.2) is 15.1 Å². The Balaban J connectivity index is 1.64.